The third kappa shape index (κ3) is 3.65. The summed E-state index contributed by atoms with van der Waals surface area (Å²) in [6.45, 7) is 8.52. The molecule has 5 rings (SSSR count). The van der Waals surface area contributed by atoms with Gasteiger partial charge in [0.25, 0.3) is 0 Å². The lowest BCUT2D eigenvalue weighted by Crippen LogP contribution is -2.44. The van der Waals surface area contributed by atoms with E-state index >= 15 is 0 Å². The van der Waals surface area contributed by atoms with E-state index < -0.39 is 0 Å². The third-order valence-corrected chi connectivity index (χ3v) is 5.73. The smallest absolute Gasteiger partial charge is 0.159 e. The lowest BCUT2D eigenvalue weighted by molar-refractivity contribution is -0.120. The first-order chi connectivity index (χ1) is 14.1. The summed E-state index contributed by atoms with van der Waals surface area (Å²) in [4.78, 5) is 13.7. The molecule has 0 amide bonds. The van der Waals surface area contributed by atoms with Crippen LogP contribution in [0.5, 0.6) is 5.75 Å². The number of benzene rings is 1. The van der Waals surface area contributed by atoms with E-state index in [0.717, 1.165) is 54.7 Å². The van der Waals surface area contributed by atoms with Gasteiger partial charge in [0.05, 0.1) is 43.2 Å². The topological polar surface area (TPSA) is 86.1 Å². The Hall–Kier alpha value is -2.71. The molecule has 4 heterocycles. The number of fused-ring (bicyclic) bond motifs is 1. The number of nitrogens with one attached hydrogen (secondary N) is 2. The third-order valence-electron chi connectivity index (χ3n) is 5.73. The minimum absolute atomic E-state index is 0.115. The van der Waals surface area contributed by atoms with Gasteiger partial charge in [-0.1, -0.05) is 13.8 Å². The fourth-order valence-corrected chi connectivity index (χ4v) is 3.79. The number of rotatable bonds is 6. The van der Waals surface area contributed by atoms with Crippen molar-refractivity contribution >= 4 is 16.9 Å². The summed E-state index contributed by atoms with van der Waals surface area (Å²) in [6, 6.07) is 6.32. The second-order valence-electron chi connectivity index (χ2n) is 8.51. The maximum absolute atomic E-state index is 5.97. The van der Waals surface area contributed by atoms with Crippen molar-refractivity contribution in [3.05, 3.63) is 36.9 Å². The van der Waals surface area contributed by atoms with Gasteiger partial charge in [0.1, 0.15) is 17.9 Å². The first-order valence-corrected chi connectivity index (χ1v) is 10.1. The lowest BCUT2D eigenvalue weighted by Gasteiger charge is -2.37. The highest BCUT2D eigenvalue weighted by atomic mass is 16.5. The Labute approximate surface area is 169 Å². The Morgan fingerprint density at radius 2 is 2.21 bits per heavy atom. The first kappa shape index (κ1) is 18.3. The standard InChI is InChI=1S/C21H26N6O2/c1-14-6-22-7-17(14)25-19-8-23-9-20(26-19)27-13-24-16-5-15(3-4-18(16)27)29-12-21(2)10-28-11-21/h3-5,8-9,13-14,17,22H,6-7,10-12H2,1-2H3,(H,25,26). The van der Waals surface area contributed by atoms with Crippen LogP contribution in [0.15, 0.2) is 36.9 Å². The highest BCUT2D eigenvalue weighted by molar-refractivity contribution is 5.78. The lowest BCUT2D eigenvalue weighted by atomic mass is 9.90. The molecule has 0 saturated carbocycles. The summed E-state index contributed by atoms with van der Waals surface area (Å²) in [5.41, 5.74) is 1.95. The van der Waals surface area contributed by atoms with Crippen LogP contribution >= 0.6 is 0 Å². The maximum Gasteiger partial charge on any atom is 0.159 e. The number of hydrogen-bond acceptors (Lipinski definition) is 7. The van der Waals surface area contributed by atoms with Crippen molar-refractivity contribution in [1.29, 1.82) is 0 Å². The van der Waals surface area contributed by atoms with E-state index in [0.29, 0.717) is 18.6 Å². The van der Waals surface area contributed by atoms with E-state index in [4.69, 9.17) is 14.5 Å². The van der Waals surface area contributed by atoms with E-state index in [9.17, 15) is 0 Å². The Bertz CT molecular complexity index is 1020. The minimum Gasteiger partial charge on any atom is -0.493 e. The molecule has 2 aliphatic heterocycles. The molecule has 2 fully saturated rings. The quantitative estimate of drug-likeness (QED) is 0.663. The van der Waals surface area contributed by atoms with E-state index in [1.807, 2.05) is 22.8 Å². The van der Waals surface area contributed by atoms with Gasteiger partial charge in [-0.05, 0) is 24.6 Å². The number of nitrogens with zero attached hydrogens (tertiary/aromatic N) is 4. The normalized spacial score (nSPS) is 23.1. The van der Waals surface area contributed by atoms with Crippen LogP contribution in [0.25, 0.3) is 16.9 Å². The number of hydrogen-bond donors (Lipinski definition) is 2. The van der Waals surface area contributed by atoms with E-state index in [2.05, 4.69) is 34.4 Å². The average molecular weight is 394 g/mol. The van der Waals surface area contributed by atoms with Gasteiger partial charge >= 0.3 is 0 Å². The van der Waals surface area contributed by atoms with Gasteiger partial charge in [0.15, 0.2) is 5.82 Å². The zero-order valence-electron chi connectivity index (χ0n) is 16.8. The van der Waals surface area contributed by atoms with Gasteiger partial charge in [-0.15, -0.1) is 0 Å². The van der Waals surface area contributed by atoms with E-state index in [1.165, 1.54) is 0 Å². The molecule has 3 aromatic rings. The van der Waals surface area contributed by atoms with Gasteiger partial charge in [0.2, 0.25) is 0 Å². The van der Waals surface area contributed by atoms with Crippen molar-refractivity contribution in [3.63, 3.8) is 0 Å². The van der Waals surface area contributed by atoms with E-state index in [-0.39, 0.29) is 5.41 Å². The van der Waals surface area contributed by atoms with Crippen molar-refractivity contribution in [3.8, 4) is 11.6 Å². The van der Waals surface area contributed by atoms with Gasteiger partial charge in [-0.3, -0.25) is 9.55 Å². The zero-order valence-corrected chi connectivity index (χ0v) is 16.8. The summed E-state index contributed by atoms with van der Waals surface area (Å²) < 4.78 is 13.2. The first-order valence-electron chi connectivity index (χ1n) is 10.1. The fraction of sp³-hybridized carbons (Fsp3) is 0.476. The van der Waals surface area contributed by atoms with Gasteiger partial charge in [-0.2, -0.15) is 0 Å². The molecular weight excluding hydrogens is 368 g/mol. The Balaban J connectivity index is 1.35. The molecule has 2 aromatic heterocycles. The maximum atomic E-state index is 5.97. The molecule has 0 spiro atoms. The molecule has 2 N–H and O–H groups in total. The van der Waals surface area contributed by atoms with Gasteiger partial charge in [0, 0.05) is 24.1 Å². The van der Waals surface area contributed by atoms with Gasteiger partial charge in [-0.25, -0.2) is 9.97 Å². The minimum atomic E-state index is 0.115. The number of ether oxygens (including phenoxy) is 2. The van der Waals surface area contributed by atoms with Crippen LogP contribution in [0.2, 0.25) is 0 Å². The predicted octanol–water partition coefficient (Wildman–Crippen LogP) is 2.25. The molecule has 2 atom stereocenters. The van der Waals surface area contributed by atoms with Crippen molar-refractivity contribution in [2.75, 3.05) is 38.2 Å². The molecule has 2 saturated heterocycles. The second kappa shape index (κ2) is 7.27. The summed E-state index contributed by atoms with van der Waals surface area (Å²) in [5.74, 6) is 2.89. The predicted molar refractivity (Wildman–Crippen MR) is 111 cm³/mol. The molecule has 2 unspecified atom stereocenters. The molecular formula is C21H26N6O2. The van der Waals surface area contributed by atoms with Crippen LogP contribution in [0, 0.1) is 11.3 Å². The van der Waals surface area contributed by atoms with Crippen molar-refractivity contribution < 1.29 is 9.47 Å². The largest absolute Gasteiger partial charge is 0.493 e. The van der Waals surface area contributed by atoms with Crippen LogP contribution < -0.4 is 15.4 Å². The Kier molecular flexibility index (Phi) is 4.60. The molecule has 152 valence electrons. The molecule has 0 radical (unpaired) electrons. The highest BCUT2D eigenvalue weighted by Crippen LogP contribution is 2.29. The van der Waals surface area contributed by atoms with Gasteiger partial charge < -0.3 is 20.1 Å². The van der Waals surface area contributed by atoms with Crippen molar-refractivity contribution in [2.24, 2.45) is 11.3 Å². The average Bonchev–Trinajstić information content (AvgIpc) is 3.31. The molecule has 0 aliphatic carbocycles. The van der Waals surface area contributed by atoms with Crippen LogP contribution in [-0.4, -0.2) is 58.5 Å². The molecule has 2 aliphatic rings. The number of anilines is 1. The number of aromatic nitrogens is 4. The molecule has 0 bridgehead atoms. The van der Waals surface area contributed by atoms with Crippen LogP contribution in [0.4, 0.5) is 5.82 Å². The van der Waals surface area contributed by atoms with Crippen LogP contribution in [0.3, 0.4) is 0 Å². The van der Waals surface area contributed by atoms with Crippen molar-refractivity contribution in [2.45, 2.75) is 19.9 Å². The summed E-state index contributed by atoms with van der Waals surface area (Å²) in [7, 11) is 0. The summed E-state index contributed by atoms with van der Waals surface area (Å²) in [5, 5.41) is 6.89. The van der Waals surface area contributed by atoms with Crippen LogP contribution in [0.1, 0.15) is 13.8 Å². The monoisotopic (exact) mass is 394 g/mol. The summed E-state index contributed by atoms with van der Waals surface area (Å²) in [6.07, 6.45) is 5.30. The Morgan fingerprint density at radius 3 is 2.97 bits per heavy atom. The Morgan fingerprint density at radius 1 is 1.31 bits per heavy atom. The summed E-state index contributed by atoms with van der Waals surface area (Å²) >= 11 is 0. The SMILES string of the molecule is CC1CNCC1Nc1cncc(-n2cnc3cc(OCC4(C)COC4)ccc32)n1. The molecule has 8 nitrogen and oxygen atoms in total. The van der Waals surface area contributed by atoms with Crippen molar-refractivity contribution in [1.82, 2.24) is 24.8 Å². The zero-order chi connectivity index (χ0) is 19.8. The van der Waals surface area contributed by atoms with Crippen LogP contribution in [-0.2, 0) is 4.74 Å². The highest BCUT2D eigenvalue weighted by Gasteiger charge is 2.34. The second-order valence-corrected chi connectivity index (χ2v) is 8.51. The fourth-order valence-electron chi connectivity index (χ4n) is 3.79. The molecule has 8 heteroatoms. The molecule has 1 aromatic carbocycles. The molecule has 29 heavy (non-hydrogen) atoms. The number of imidazole rings is 1. The van der Waals surface area contributed by atoms with E-state index in [1.54, 1.807) is 18.7 Å².